The number of hydrogen-bond donors (Lipinski definition) is 2. The van der Waals surface area contributed by atoms with Crippen LogP contribution in [0.1, 0.15) is 29.4 Å². The Kier molecular flexibility index (Phi) is 3.46. The van der Waals surface area contributed by atoms with E-state index in [0.717, 1.165) is 5.56 Å². The fraction of sp³-hybridized carbons (Fsp3) is 0.286. The maximum atomic E-state index is 11.8. The minimum atomic E-state index is -0.132. The van der Waals surface area contributed by atoms with Crippen LogP contribution in [0.2, 0.25) is 0 Å². The van der Waals surface area contributed by atoms with Crippen molar-refractivity contribution in [2.75, 3.05) is 5.73 Å². The first-order chi connectivity index (χ1) is 8.60. The molecule has 4 heteroatoms. The Bertz CT molecular complexity index is 617. The third kappa shape index (κ3) is 2.59. The van der Waals surface area contributed by atoms with E-state index in [4.69, 9.17) is 5.73 Å². The highest BCUT2D eigenvalue weighted by molar-refractivity contribution is 5.38. The van der Waals surface area contributed by atoms with Crippen LogP contribution < -0.4 is 11.3 Å². The second-order valence-electron chi connectivity index (χ2n) is 4.40. The van der Waals surface area contributed by atoms with Gasteiger partial charge in [-0.1, -0.05) is 36.8 Å². The largest absolute Gasteiger partial charge is 0.383 e. The maximum absolute atomic E-state index is 11.8. The monoisotopic (exact) mass is 243 g/mol. The molecular weight excluding hydrogens is 226 g/mol. The van der Waals surface area contributed by atoms with Crippen LogP contribution >= 0.6 is 0 Å². The summed E-state index contributed by atoms with van der Waals surface area (Å²) < 4.78 is 0. The van der Waals surface area contributed by atoms with Crippen LogP contribution in [0.3, 0.4) is 0 Å². The quantitative estimate of drug-likeness (QED) is 0.863. The van der Waals surface area contributed by atoms with Crippen molar-refractivity contribution in [2.45, 2.75) is 26.7 Å². The van der Waals surface area contributed by atoms with Crippen LogP contribution in [0.25, 0.3) is 0 Å². The number of aromatic amines is 1. The molecule has 0 radical (unpaired) electrons. The lowest BCUT2D eigenvalue weighted by molar-refractivity contribution is 0.915. The van der Waals surface area contributed by atoms with E-state index in [1.54, 1.807) is 0 Å². The normalized spacial score (nSPS) is 10.6. The zero-order valence-electron chi connectivity index (χ0n) is 10.7. The molecular formula is C14H17N3O. The summed E-state index contributed by atoms with van der Waals surface area (Å²) in [6.07, 6.45) is 1.18. The van der Waals surface area contributed by atoms with E-state index in [1.165, 1.54) is 5.56 Å². The minimum Gasteiger partial charge on any atom is -0.383 e. The molecule has 0 aliphatic heterocycles. The Morgan fingerprint density at radius 1 is 1.39 bits per heavy atom. The van der Waals surface area contributed by atoms with Crippen molar-refractivity contribution in [1.29, 1.82) is 0 Å². The highest BCUT2D eigenvalue weighted by Crippen LogP contribution is 2.10. The summed E-state index contributed by atoms with van der Waals surface area (Å²) in [5.41, 5.74) is 8.51. The van der Waals surface area contributed by atoms with Gasteiger partial charge in [-0.15, -0.1) is 0 Å². The number of H-pyrrole nitrogens is 1. The van der Waals surface area contributed by atoms with Crippen molar-refractivity contribution in [1.82, 2.24) is 9.97 Å². The van der Waals surface area contributed by atoms with Gasteiger partial charge in [-0.05, 0) is 18.9 Å². The van der Waals surface area contributed by atoms with Gasteiger partial charge in [0, 0.05) is 6.42 Å². The van der Waals surface area contributed by atoms with Gasteiger partial charge in [-0.2, -0.15) is 0 Å². The first-order valence-corrected chi connectivity index (χ1v) is 6.03. The second kappa shape index (κ2) is 5.04. The number of hydrogen-bond acceptors (Lipinski definition) is 3. The van der Waals surface area contributed by atoms with E-state index in [9.17, 15) is 4.79 Å². The summed E-state index contributed by atoms with van der Waals surface area (Å²) in [6.45, 7) is 3.93. The first-order valence-electron chi connectivity index (χ1n) is 6.03. The van der Waals surface area contributed by atoms with E-state index >= 15 is 0 Å². The molecule has 0 unspecified atom stereocenters. The predicted molar refractivity (Wildman–Crippen MR) is 72.6 cm³/mol. The van der Waals surface area contributed by atoms with Crippen molar-refractivity contribution >= 4 is 5.82 Å². The number of nitrogens with one attached hydrogen (secondary N) is 1. The molecule has 0 amide bonds. The molecule has 1 heterocycles. The van der Waals surface area contributed by atoms with Gasteiger partial charge in [-0.25, -0.2) is 4.98 Å². The smallest absolute Gasteiger partial charge is 0.256 e. The Morgan fingerprint density at radius 2 is 2.17 bits per heavy atom. The second-order valence-corrected chi connectivity index (χ2v) is 4.40. The summed E-state index contributed by atoms with van der Waals surface area (Å²) in [7, 11) is 0. The molecule has 0 fully saturated rings. The minimum absolute atomic E-state index is 0.132. The lowest BCUT2D eigenvalue weighted by Gasteiger charge is -2.06. The molecule has 0 saturated carbocycles. The summed E-state index contributed by atoms with van der Waals surface area (Å²) in [4.78, 5) is 18.8. The van der Waals surface area contributed by atoms with Gasteiger partial charge >= 0.3 is 0 Å². The number of aryl methyl sites for hydroxylation is 1. The number of nitrogens with zero attached hydrogens (tertiary/aromatic N) is 1. The fourth-order valence-electron chi connectivity index (χ4n) is 2.00. The van der Waals surface area contributed by atoms with Gasteiger partial charge in [-0.3, -0.25) is 4.79 Å². The van der Waals surface area contributed by atoms with Crippen LogP contribution in [0.5, 0.6) is 0 Å². The van der Waals surface area contributed by atoms with Crippen molar-refractivity contribution in [3.8, 4) is 0 Å². The molecule has 0 spiro atoms. The SMILES string of the molecule is CCc1c(N)nc(Cc2cccc(C)c2)[nH]c1=O. The Labute approximate surface area is 106 Å². The molecule has 0 aliphatic rings. The number of aromatic nitrogens is 2. The van der Waals surface area contributed by atoms with E-state index in [2.05, 4.69) is 16.0 Å². The molecule has 0 atom stereocenters. The van der Waals surface area contributed by atoms with Gasteiger partial charge in [0.25, 0.3) is 5.56 Å². The van der Waals surface area contributed by atoms with E-state index in [0.29, 0.717) is 30.0 Å². The molecule has 0 saturated heterocycles. The number of anilines is 1. The standard InChI is InChI=1S/C14H17N3O/c1-3-11-13(15)16-12(17-14(11)18)8-10-6-4-5-9(2)7-10/h4-7H,3,8H2,1-2H3,(H3,15,16,17,18). The number of nitrogen functional groups attached to an aromatic ring is 1. The molecule has 2 rings (SSSR count). The zero-order valence-corrected chi connectivity index (χ0v) is 10.7. The van der Waals surface area contributed by atoms with Crippen molar-refractivity contribution in [3.63, 3.8) is 0 Å². The van der Waals surface area contributed by atoms with E-state index in [1.807, 2.05) is 32.0 Å². The average Bonchev–Trinajstić information content (AvgIpc) is 2.28. The van der Waals surface area contributed by atoms with Gasteiger partial charge in [0.2, 0.25) is 0 Å². The number of nitrogens with two attached hydrogens (primary N) is 1. The molecule has 0 bridgehead atoms. The molecule has 94 valence electrons. The van der Waals surface area contributed by atoms with Crippen LogP contribution in [0.4, 0.5) is 5.82 Å². The predicted octanol–water partition coefficient (Wildman–Crippen LogP) is 1.81. The Hall–Kier alpha value is -2.10. The highest BCUT2D eigenvalue weighted by Gasteiger charge is 2.07. The van der Waals surface area contributed by atoms with E-state index in [-0.39, 0.29) is 5.56 Å². The van der Waals surface area contributed by atoms with Crippen molar-refractivity contribution < 1.29 is 0 Å². The lowest BCUT2D eigenvalue weighted by atomic mass is 10.1. The van der Waals surface area contributed by atoms with Crippen LogP contribution in [-0.2, 0) is 12.8 Å². The molecule has 2 aromatic rings. The molecule has 1 aromatic heterocycles. The van der Waals surface area contributed by atoms with Crippen molar-refractivity contribution in [2.24, 2.45) is 0 Å². The van der Waals surface area contributed by atoms with Gasteiger partial charge < -0.3 is 10.7 Å². The summed E-state index contributed by atoms with van der Waals surface area (Å²) in [5.74, 6) is 0.948. The van der Waals surface area contributed by atoms with Gasteiger partial charge in [0.1, 0.15) is 11.6 Å². The average molecular weight is 243 g/mol. The number of rotatable bonds is 3. The fourth-order valence-corrected chi connectivity index (χ4v) is 2.00. The molecule has 4 nitrogen and oxygen atoms in total. The molecule has 0 aliphatic carbocycles. The van der Waals surface area contributed by atoms with Gasteiger partial charge in [0.15, 0.2) is 0 Å². The third-order valence-corrected chi connectivity index (χ3v) is 2.90. The van der Waals surface area contributed by atoms with Crippen LogP contribution in [0, 0.1) is 6.92 Å². The molecule has 1 aromatic carbocycles. The summed E-state index contributed by atoms with van der Waals surface area (Å²) in [5, 5.41) is 0. The van der Waals surface area contributed by atoms with Gasteiger partial charge in [0.05, 0.1) is 5.56 Å². The summed E-state index contributed by atoms with van der Waals surface area (Å²) in [6, 6.07) is 8.11. The Balaban J connectivity index is 2.33. The highest BCUT2D eigenvalue weighted by atomic mass is 16.1. The first kappa shape index (κ1) is 12.4. The Morgan fingerprint density at radius 3 is 2.78 bits per heavy atom. The molecule has 18 heavy (non-hydrogen) atoms. The summed E-state index contributed by atoms with van der Waals surface area (Å²) >= 11 is 0. The van der Waals surface area contributed by atoms with Crippen LogP contribution in [0.15, 0.2) is 29.1 Å². The number of benzene rings is 1. The zero-order chi connectivity index (χ0) is 13.1. The van der Waals surface area contributed by atoms with Crippen molar-refractivity contribution in [3.05, 3.63) is 57.1 Å². The third-order valence-electron chi connectivity index (χ3n) is 2.90. The molecule has 3 N–H and O–H groups in total. The van der Waals surface area contributed by atoms with Crippen LogP contribution in [-0.4, -0.2) is 9.97 Å². The maximum Gasteiger partial charge on any atom is 0.256 e. The van der Waals surface area contributed by atoms with E-state index < -0.39 is 0 Å². The lowest BCUT2D eigenvalue weighted by Crippen LogP contribution is -2.19. The topological polar surface area (TPSA) is 71.8 Å².